The van der Waals surface area contributed by atoms with Gasteiger partial charge in [-0.15, -0.1) is 12.4 Å². The van der Waals surface area contributed by atoms with Gasteiger partial charge < -0.3 is 15.5 Å². The van der Waals surface area contributed by atoms with Gasteiger partial charge in [-0.25, -0.2) is 0 Å². The average molecular weight is 354 g/mol. The van der Waals surface area contributed by atoms with Gasteiger partial charge in [0.25, 0.3) is 5.91 Å². The maximum absolute atomic E-state index is 12.5. The van der Waals surface area contributed by atoms with Crippen molar-refractivity contribution in [1.82, 2.24) is 15.5 Å². The summed E-state index contributed by atoms with van der Waals surface area (Å²) in [5, 5.41) is 6.19. The monoisotopic (exact) mass is 353 g/mol. The molecule has 134 valence electrons. The Hall–Kier alpha value is -1.59. The molecule has 6 heteroatoms. The summed E-state index contributed by atoms with van der Waals surface area (Å²) in [7, 11) is 1.86. The molecule has 1 aromatic carbocycles. The van der Waals surface area contributed by atoms with Gasteiger partial charge in [-0.05, 0) is 30.7 Å². The quantitative estimate of drug-likeness (QED) is 0.872. The Kier molecular flexibility index (Phi) is 7.24. The van der Waals surface area contributed by atoms with Gasteiger partial charge in [0.1, 0.15) is 0 Å². The summed E-state index contributed by atoms with van der Waals surface area (Å²) in [6, 6.07) is 7.74. The van der Waals surface area contributed by atoms with Crippen LogP contribution in [0.1, 0.15) is 43.1 Å². The Bertz CT molecular complexity index is 561. The Morgan fingerprint density at radius 1 is 1.25 bits per heavy atom. The number of nitrogens with zero attached hydrogens (tertiary/aromatic N) is 1. The van der Waals surface area contributed by atoms with Gasteiger partial charge in [-0.2, -0.15) is 0 Å². The van der Waals surface area contributed by atoms with Crippen molar-refractivity contribution < 1.29 is 9.59 Å². The first kappa shape index (κ1) is 20.5. The van der Waals surface area contributed by atoms with E-state index in [1.54, 1.807) is 0 Å². The number of hydrogen-bond acceptors (Lipinski definition) is 3. The van der Waals surface area contributed by atoms with Gasteiger partial charge in [-0.3, -0.25) is 9.59 Å². The van der Waals surface area contributed by atoms with Crippen molar-refractivity contribution in [2.45, 2.75) is 39.8 Å². The predicted molar refractivity (Wildman–Crippen MR) is 98.4 cm³/mol. The van der Waals surface area contributed by atoms with Crippen LogP contribution in [0.3, 0.4) is 0 Å². The molecule has 1 heterocycles. The van der Waals surface area contributed by atoms with Crippen LogP contribution in [-0.4, -0.2) is 42.9 Å². The minimum atomic E-state index is -0.395. The smallest absolute Gasteiger partial charge is 0.253 e. The number of benzene rings is 1. The molecule has 2 N–H and O–H groups in total. The minimum Gasteiger partial charge on any atom is -0.352 e. The van der Waals surface area contributed by atoms with Crippen LogP contribution >= 0.6 is 12.4 Å². The maximum Gasteiger partial charge on any atom is 0.253 e. The second-order valence-electron chi connectivity index (χ2n) is 7.19. The number of nitrogens with one attached hydrogen (secondary N) is 2. The average Bonchev–Trinajstić information content (AvgIpc) is 3.05. The third-order valence-electron chi connectivity index (χ3n) is 4.24. The van der Waals surface area contributed by atoms with E-state index in [9.17, 15) is 9.59 Å². The zero-order valence-electron chi connectivity index (χ0n) is 14.9. The van der Waals surface area contributed by atoms with Crippen LogP contribution in [0.5, 0.6) is 0 Å². The van der Waals surface area contributed by atoms with Crippen molar-refractivity contribution in [3.8, 4) is 0 Å². The van der Waals surface area contributed by atoms with Crippen molar-refractivity contribution >= 4 is 24.2 Å². The van der Waals surface area contributed by atoms with Crippen molar-refractivity contribution in [2.75, 3.05) is 20.1 Å². The highest BCUT2D eigenvalue weighted by Gasteiger charge is 2.24. The first-order valence-electron chi connectivity index (χ1n) is 8.14. The molecule has 1 aliphatic heterocycles. The lowest BCUT2D eigenvalue weighted by Crippen LogP contribution is -2.38. The van der Waals surface area contributed by atoms with Crippen molar-refractivity contribution in [2.24, 2.45) is 5.41 Å². The lowest BCUT2D eigenvalue weighted by Gasteiger charge is -2.24. The third-order valence-corrected chi connectivity index (χ3v) is 4.24. The second kappa shape index (κ2) is 8.49. The van der Waals surface area contributed by atoms with Crippen molar-refractivity contribution in [1.29, 1.82) is 0 Å². The molecule has 1 saturated heterocycles. The van der Waals surface area contributed by atoms with E-state index in [4.69, 9.17) is 0 Å². The van der Waals surface area contributed by atoms with Gasteiger partial charge >= 0.3 is 0 Å². The van der Waals surface area contributed by atoms with E-state index in [1.807, 2.05) is 57.0 Å². The highest BCUT2D eigenvalue weighted by atomic mass is 35.5. The highest BCUT2D eigenvalue weighted by Crippen LogP contribution is 2.14. The molecule has 0 aromatic heterocycles. The van der Waals surface area contributed by atoms with E-state index < -0.39 is 5.41 Å². The first-order chi connectivity index (χ1) is 10.8. The Morgan fingerprint density at radius 2 is 1.88 bits per heavy atom. The largest absolute Gasteiger partial charge is 0.352 e. The number of carbonyl (C=O) groups excluding carboxylic acids is 2. The Labute approximate surface area is 150 Å². The molecular formula is C18H28ClN3O2. The fourth-order valence-electron chi connectivity index (χ4n) is 2.55. The van der Waals surface area contributed by atoms with Crippen LogP contribution < -0.4 is 10.6 Å². The first-order valence-corrected chi connectivity index (χ1v) is 8.14. The number of halogens is 1. The molecule has 1 atom stereocenters. The fraction of sp³-hybridized carbons (Fsp3) is 0.556. The lowest BCUT2D eigenvalue weighted by atomic mass is 9.95. The summed E-state index contributed by atoms with van der Waals surface area (Å²) in [6.07, 6.45) is 0.999. The van der Waals surface area contributed by atoms with E-state index >= 15 is 0 Å². The molecule has 0 spiro atoms. The molecule has 5 nitrogen and oxygen atoms in total. The van der Waals surface area contributed by atoms with Crippen LogP contribution in [0.25, 0.3) is 0 Å². The predicted octanol–water partition coefficient (Wildman–Crippen LogP) is 2.20. The number of rotatable bonds is 4. The molecule has 2 amide bonds. The Balaban J connectivity index is 0.00000288. The maximum atomic E-state index is 12.5. The second-order valence-corrected chi connectivity index (χ2v) is 7.19. The number of amides is 2. The van der Waals surface area contributed by atoms with E-state index in [0.29, 0.717) is 12.1 Å². The summed E-state index contributed by atoms with van der Waals surface area (Å²) in [4.78, 5) is 26.2. The zero-order valence-corrected chi connectivity index (χ0v) is 15.7. The van der Waals surface area contributed by atoms with E-state index in [1.165, 1.54) is 0 Å². The van der Waals surface area contributed by atoms with Crippen molar-refractivity contribution in [3.63, 3.8) is 0 Å². The van der Waals surface area contributed by atoms with Gasteiger partial charge in [0, 0.05) is 37.2 Å². The summed E-state index contributed by atoms with van der Waals surface area (Å²) in [5.74, 6) is 0.0649. The van der Waals surface area contributed by atoms with Crippen molar-refractivity contribution in [3.05, 3.63) is 35.4 Å². The molecular weight excluding hydrogens is 326 g/mol. The molecule has 1 unspecified atom stereocenters. The summed E-state index contributed by atoms with van der Waals surface area (Å²) >= 11 is 0. The minimum absolute atomic E-state index is 0. The third kappa shape index (κ3) is 5.21. The lowest BCUT2D eigenvalue weighted by molar-refractivity contribution is -0.128. The molecule has 0 radical (unpaired) electrons. The fourth-order valence-corrected chi connectivity index (χ4v) is 2.55. The molecule has 1 aliphatic rings. The van der Waals surface area contributed by atoms with E-state index in [0.717, 1.165) is 25.1 Å². The number of carbonyl (C=O) groups is 2. The van der Waals surface area contributed by atoms with Crippen LogP contribution in [0.15, 0.2) is 24.3 Å². The summed E-state index contributed by atoms with van der Waals surface area (Å²) in [6.45, 7) is 7.97. The van der Waals surface area contributed by atoms with Gasteiger partial charge in [0.2, 0.25) is 5.91 Å². The topological polar surface area (TPSA) is 61.4 Å². The van der Waals surface area contributed by atoms with Crippen LogP contribution in [-0.2, 0) is 11.3 Å². The number of hydrogen-bond donors (Lipinski definition) is 2. The number of likely N-dealkylation sites (N-methyl/N-ethyl adjacent to an activating group) is 1. The van der Waals surface area contributed by atoms with Gasteiger partial charge in [0.15, 0.2) is 0 Å². The molecule has 2 rings (SSSR count). The van der Waals surface area contributed by atoms with Crippen LogP contribution in [0.4, 0.5) is 0 Å². The summed E-state index contributed by atoms with van der Waals surface area (Å²) in [5.41, 5.74) is 1.28. The molecule has 0 bridgehead atoms. The van der Waals surface area contributed by atoms with Crippen LogP contribution in [0.2, 0.25) is 0 Å². The SMILES string of the molecule is CN(C(=O)c1ccc(CNC(=O)C(C)(C)C)cc1)C1CCNC1.Cl. The van der Waals surface area contributed by atoms with Gasteiger partial charge in [-0.1, -0.05) is 32.9 Å². The van der Waals surface area contributed by atoms with E-state index in [2.05, 4.69) is 10.6 Å². The van der Waals surface area contributed by atoms with Crippen LogP contribution in [0, 0.1) is 5.41 Å². The Morgan fingerprint density at radius 3 is 2.38 bits per heavy atom. The standard InChI is InChI=1S/C18H27N3O2.ClH/c1-18(2,3)17(23)20-11-13-5-7-14(8-6-13)16(22)21(4)15-9-10-19-12-15;/h5-8,15,19H,9-12H2,1-4H3,(H,20,23);1H. The molecule has 24 heavy (non-hydrogen) atoms. The van der Waals surface area contributed by atoms with E-state index in [-0.39, 0.29) is 30.3 Å². The zero-order chi connectivity index (χ0) is 17.0. The molecule has 1 aromatic rings. The molecule has 0 aliphatic carbocycles. The van der Waals surface area contributed by atoms with Gasteiger partial charge in [0.05, 0.1) is 0 Å². The molecule has 1 fully saturated rings. The molecule has 0 saturated carbocycles. The highest BCUT2D eigenvalue weighted by molar-refractivity contribution is 5.94. The normalized spacial score (nSPS) is 17.1. The summed E-state index contributed by atoms with van der Waals surface area (Å²) < 4.78 is 0.